The van der Waals surface area contributed by atoms with E-state index in [1.54, 1.807) is 0 Å². The van der Waals surface area contributed by atoms with Gasteiger partial charge >= 0.3 is 0 Å². The van der Waals surface area contributed by atoms with E-state index in [4.69, 9.17) is 0 Å². The van der Waals surface area contributed by atoms with Crippen LogP contribution in [0.4, 0.5) is 0 Å². The zero-order valence-electron chi connectivity index (χ0n) is 11.5. The van der Waals surface area contributed by atoms with E-state index in [0.29, 0.717) is 0 Å². The molecule has 0 aliphatic heterocycles. The van der Waals surface area contributed by atoms with Crippen molar-refractivity contribution in [3.05, 3.63) is 84.4 Å². The molecule has 98 valence electrons. The van der Waals surface area contributed by atoms with E-state index in [9.17, 15) is 0 Å². The van der Waals surface area contributed by atoms with E-state index in [-0.39, 0.29) is 0 Å². The average Bonchev–Trinajstić information content (AvgIpc) is 2.87. The zero-order chi connectivity index (χ0) is 13.8. The smallest absolute Gasteiger partial charge is 0.0464 e. The molecule has 0 radical (unpaired) electrons. The Morgan fingerprint density at radius 1 is 0.550 bits per heavy atom. The Morgan fingerprint density at radius 3 is 1.45 bits per heavy atom. The first-order chi connectivity index (χ1) is 9.84. The molecule has 1 aromatic heterocycles. The van der Waals surface area contributed by atoms with Gasteiger partial charge in [0.05, 0.1) is 0 Å². The summed E-state index contributed by atoms with van der Waals surface area (Å²) < 4.78 is 0. The molecule has 0 bridgehead atoms. The van der Waals surface area contributed by atoms with Crippen LogP contribution in [0.2, 0.25) is 0 Å². The van der Waals surface area contributed by atoms with Gasteiger partial charge in [-0.1, -0.05) is 72.3 Å². The van der Waals surface area contributed by atoms with Crippen LogP contribution < -0.4 is 0 Å². The highest BCUT2D eigenvalue weighted by Gasteiger charge is 2.00. The fourth-order valence-electron chi connectivity index (χ4n) is 2.33. The van der Waals surface area contributed by atoms with E-state index in [1.807, 2.05) is 18.2 Å². The Morgan fingerprint density at radius 2 is 1.00 bits per heavy atom. The van der Waals surface area contributed by atoms with Gasteiger partial charge in [-0.05, 0) is 19.1 Å². The van der Waals surface area contributed by atoms with Crippen LogP contribution in [0, 0.1) is 6.92 Å². The van der Waals surface area contributed by atoms with Crippen LogP contribution in [0.1, 0.15) is 5.56 Å². The van der Waals surface area contributed by atoms with Crippen molar-refractivity contribution in [3.8, 4) is 0 Å². The summed E-state index contributed by atoms with van der Waals surface area (Å²) in [5, 5.41) is 2.61. The molecule has 0 atom stereocenters. The van der Waals surface area contributed by atoms with Gasteiger partial charge in [-0.25, -0.2) is 0 Å². The third-order valence-corrected chi connectivity index (χ3v) is 3.35. The number of aryl methyl sites for hydroxylation is 1. The number of H-pyrrole nitrogens is 1. The molecular formula is C19H17N. The standard InChI is InChI=1S/C12H9N.C7H8/c1-3-7-11-9(5-1)10-6-2-4-8-12(10)13-11;1-7-5-3-2-4-6-7/h1-8,13H;2-6H,1H3. The molecule has 3 aromatic carbocycles. The number of fused-ring (bicyclic) bond motifs is 3. The van der Waals surface area contributed by atoms with Crippen LogP contribution in [0.25, 0.3) is 21.8 Å². The first kappa shape index (κ1) is 12.5. The highest BCUT2D eigenvalue weighted by molar-refractivity contribution is 6.06. The lowest BCUT2D eigenvalue weighted by atomic mass is 10.2. The molecule has 0 amide bonds. The third kappa shape index (κ3) is 2.57. The second-order valence-corrected chi connectivity index (χ2v) is 4.87. The zero-order valence-corrected chi connectivity index (χ0v) is 11.5. The maximum Gasteiger partial charge on any atom is 0.0464 e. The van der Waals surface area contributed by atoms with Crippen LogP contribution in [0.3, 0.4) is 0 Å². The SMILES string of the molecule is Cc1ccccc1.c1ccc2c(c1)[nH]c1ccccc12. The van der Waals surface area contributed by atoms with Crippen LogP contribution >= 0.6 is 0 Å². The summed E-state index contributed by atoms with van der Waals surface area (Å²) in [5.41, 5.74) is 3.75. The van der Waals surface area contributed by atoms with Crippen molar-refractivity contribution in [2.75, 3.05) is 0 Å². The summed E-state index contributed by atoms with van der Waals surface area (Å²) >= 11 is 0. The molecule has 0 saturated carbocycles. The lowest BCUT2D eigenvalue weighted by Crippen LogP contribution is -1.62. The van der Waals surface area contributed by atoms with Crippen molar-refractivity contribution in [2.24, 2.45) is 0 Å². The molecule has 0 saturated heterocycles. The highest BCUT2D eigenvalue weighted by Crippen LogP contribution is 2.24. The Kier molecular flexibility index (Phi) is 3.51. The first-order valence-electron chi connectivity index (χ1n) is 6.82. The van der Waals surface area contributed by atoms with Crippen LogP contribution in [0.15, 0.2) is 78.9 Å². The molecule has 0 fully saturated rings. The summed E-state index contributed by atoms with van der Waals surface area (Å²) in [6.07, 6.45) is 0. The molecule has 0 spiro atoms. The highest BCUT2D eigenvalue weighted by atomic mass is 14.7. The fourth-order valence-corrected chi connectivity index (χ4v) is 2.33. The van der Waals surface area contributed by atoms with Gasteiger partial charge in [0.15, 0.2) is 0 Å². The predicted molar refractivity (Wildman–Crippen MR) is 87.0 cm³/mol. The Hall–Kier alpha value is -2.54. The second-order valence-electron chi connectivity index (χ2n) is 4.87. The molecule has 4 aromatic rings. The van der Waals surface area contributed by atoms with E-state index in [1.165, 1.54) is 27.4 Å². The lowest BCUT2D eigenvalue weighted by Gasteiger charge is -1.87. The summed E-state index contributed by atoms with van der Waals surface area (Å²) in [7, 11) is 0. The number of nitrogens with one attached hydrogen (secondary N) is 1. The van der Waals surface area contributed by atoms with Crippen molar-refractivity contribution in [1.29, 1.82) is 0 Å². The van der Waals surface area contributed by atoms with Gasteiger partial charge in [-0.3, -0.25) is 0 Å². The number of aromatic nitrogens is 1. The molecular weight excluding hydrogens is 242 g/mol. The Labute approximate surface area is 118 Å². The Balaban J connectivity index is 0.000000147. The lowest BCUT2D eigenvalue weighted by molar-refractivity contribution is 1.48. The first-order valence-corrected chi connectivity index (χ1v) is 6.82. The van der Waals surface area contributed by atoms with Gasteiger partial charge in [0.25, 0.3) is 0 Å². The molecule has 4 rings (SSSR count). The van der Waals surface area contributed by atoms with Gasteiger partial charge in [0, 0.05) is 21.8 Å². The van der Waals surface area contributed by atoms with Gasteiger partial charge in [0.2, 0.25) is 0 Å². The van der Waals surface area contributed by atoms with Crippen molar-refractivity contribution in [2.45, 2.75) is 6.92 Å². The van der Waals surface area contributed by atoms with E-state index in [2.05, 4.69) is 72.6 Å². The van der Waals surface area contributed by atoms with Gasteiger partial charge in [-0.2, -0.15) is 0 Å². The summed E-state index contributed by atoms with van der Waals surface area (Å²) in [4.78, 5) is 3.38. The molecule has 0 aliphatic rings. The van der Waals surface area contributed by atoms with Crippen LogP contribution in [-0.4, -0.2) is 4.98 Å². The number of aromatic amines is 1. The van der Waals surface area contributed by atoms with Gasteiger partial charge < -0.3 is 4.98 Å². The molecule has 1 nitrogen and oxygen atoms in total. The number of hydrogen-bond donors (Lipinski definition) is 1. The maximum absolute atomic E-state index is 3.38. The molecule has 1 heteroatoms. The van der Waals surface area contributed by atoms with Crippen molar-refractivity contribution in [3.63, 3.8) is 0 Å². The number of para-hydroxylation sites is 2. The third-order valence-electron chi connectivity index (χ3n) is 3.35. The molecule has 1 N–H and O–H groups in total. The minimum Gasteiger partial charge on any atom is -0.355 e. The molecule has 1 heterocycles. The monoisotopic (exact) mass is 259 g/mol. The maximum atomic E-state index is 3.38. The largest absolute Gasteiger partial charge is 0.355 e. The number of hydrogen-bond acceptors (Lipinski definition) is 0. The molecule has 0 aliphatic carbocycles. The molecule has 0 unspecified atom stereocenters. The number of benzene rings is 3. The van der Waals surface area contributed by atoms with E-state index < -0.39 is 0 Å². The fraction of sp³-hybridized carbons (Fsp3) is 0.0526. The topological polar surface area (TPSA) is 15.8 Å². The van der Waals surface area contributed by atoms with Crippen LogP contribution in [-0.2, 0) is 0 Å². The summed E-state index contributed by atoms with van der Waals surface area (Å²) in [6.45, 7) is 2.08. The summed E-state index contributed by atoms with van der Waals surface area (Å²) in [6, 6.07) is 27.0. The quantitative estimate of drug-likeness (QED) is 0.440. The Bertz CT molecular complexity index is 762. The van der Waals surface area contributed by atoms with E-state index in [0.717, 1.165) is 0 Å². The average molecular weight is 259 g/mol. The second kappa shape index (κ2) is 5.62. The van der Waals surface area contributed by atoms with Gasteiger partial charge in [-0.15, -0.1) is 0 Å². The van der Waals surface area contributed by atoms with E-state index >= 15 is 0 Å². The molecule has 20 heavy (non-hydrogen) atoms. The van der Waals surface area contributed by atoms with Gasteiger partial charge in [0.1, 0.15) is 0 Å². The normalized spacial score (nSPS) is 10.2. The number of rotatable bonds is 0. The van der Waals surface area contributed by atoms with Crippen molar-refractivity contribution in [1.82, 2.24) is 4.98 Å². The minimum atomic E-state index is 1.21. The van der Waals surface area contributed by atoms with Crippen molar-refractivity contribution < 1.29 is 0 Å². The minimum absolute atomic E-state index is 1.21. The van der Waals surface area contributed by atoms with Crippen LogP contribution in [0.5, 0.6) is 0 Å². The summed E-state index contributed by atoms with van der Waals surface area (Å²) in [5.74, 6) is 0. The predicted octanol–water partition coefficient (Wildman–Crippen LogP) is 5.32. The van der Waals surface area contributed by atoms with Crippen molar-refractivity contribution >= 4 is 21.8 Å².